The van der Waals surface area contributed by atoms with E-state index in [1.54, 1.807) is 20.2 Å². The molecule has 1 atom stereocenters. The zero-order valence-corrected chi connectivity index (χ0v) is 12.6. The molecule has 0 fully saturated rings. The van der Waals surface area contributed by atoms with Crippen LogP contribution in [0.4, 0.5) is 8.78 Å². The third-order valence-corrected chi connectivity index (χ3v) is 3.58. The van der Waals surface area contributed by atoms with Gasteiger partial charge in [0.2, 0.25) is 0 Å². The van der Waals surface area contributed by atoms with Crippen LogP contribution in [0.2, 0.25) is 0 Å². The summed E-state index contributed by atoms with van der Waals surface area (Å²) in [6, 6.07) is 7.62. The molecule has 0 aliphatic carbocycles. The van der Waals surface area contributed by atoms with Crippen molar-refractivity contribution in [3.05, 3.63) is 64.2 Å². The van der Waals surface area contributed by atoms with E-state index in [0.717, 1.165) is 22.8 Å². The fraction of sp³-hybridized carbons (Fsp3) is 0.294. The number of ether oxygens (including phenoxy) is 1. The minimum atomic E-state index is -0.850. The third kappa shape index (κ3) is 2.90. The second-order valence-corrected chi connectivity index (χ2v) is 5.06. The molecule has 0 aliphatic rings. The van der Waals surface area contributed by atoms with Crippen LogP contribution in [0.1, 0.15) is 28.3 Å². The van der Waals surface area contributed by atoms with Gasteiger partial charge in [-0.2, -0.15) is 0 Å². The topological polar surface area (TPSA) is 21.3 Å². The molecule has 0 radical (unpaired) electrons. The van der Waals surface area contributed by atoms with Crippen molar-refractivity contribution in [3.63, 3.8) is 0 Å². The summed E-state index contributed by atoms with van der Waals surface area (Å²) < 4.78 is 33.0. The lowest BCUT2D eigenvalue weighted by Gasteiger charge is -2.23. The molecule has 1 N–H and O–H groups in total. The molecule has 0 bridgehead atoms. The van der Waals surface area contributed by atoms with Crippen LogP contribution in [0.5, 0.6) is 5.75 Å². The Balaban J connectivity index is 2.64. The van der Waals surface area contributed by atoms with Crippen molar-refractivity contribution in [3.8, 4) is 5.75 Å². The van der Waals surface area contributed by atoms with Gasteiger partial charge in [0.1, 0.15) is 5.75 Å². The maximum Gasteiger partial charge on any atom is 0.163 e. The van der Waals surface area contributed by atoms with Gasteiger partial charge in [-0.05, 0) is 44.2 Å². The first-order valence-corrected chi connectivity index (χ1v) is 6.76. The first-order valence-electron chi connectivity index (χ1n) is 6.76. The molecule has 2 aromatic rings. The van der Waals surface area contributed by atoms with Gasteiger partial charge in [-0.1, -0.05) is 18.2 Å². The highest BCUT2D eigenvalue weighted by Gasteiger charge is 2.23. The molecule has 2 rings (SSSR count). The Kier molecular flexibility index (Phi) is 4.58. The van der Waals surface area contributed by atoms with E-state index in [1.165, 1.54) is 6.07 Å². The van der Waals surface area contributed by atoms with Gasteiger partial charge in [-0.15, -0.1) is 0 Å². The fourth-order valence-corrected chi connectivity index (χ4v) is 2.68. The van der Waals surface area contributed by atoms with E-state index < -0.39 is 17.7 Å². The molecule has 1 unspecified atom stereocenters. The minimum absolute atomic E-state index is 0.266. The highest BCUT2D eigenvalue weighted by atomic mass is 19.2. The summed E-state index contributed by atoms with van der Waals surface area (Å²) in [5.74, 6) is -1.02. The van der Waals surface area contributed by atoms with Crippen LogP contribution < -0.4 is 10.1 Å². The van der Waals surface area contributed by atoms with Crippen molar-refractivity contribution < 1.29 is 13.5 Å². The van der Waals surface area contributed by atoms with Gasteiger partial charge >= 0.3 is 0 Å². The van der Waals surface area contributed by atoms with Gasteiger partial charge in [-0.25, -0.2) is 8.78 Å². The number of hydrogen-bond acceptors (Lipinski definition) is 2. The standard InChI is InChI=1S/C17H19F2NO/c1-10-8-11(2)15(14(9-10)21-4)17(20-3)12-6-5-7-13(18)16(12)19/h5-9,17,20H,1-4H3. The highest BCUT2D eigenvalue weighted by Crippen LogP contribution is 2.35. The van der Waals surface area contributed by atoms with Gasteiger partial charge in [0.25, 0.3) is 0 Å². The number of hydrogen-bond donors (Lipinski definition) is 1. The second kappa shape index (κ2) is 6.22. The quantitative estimate of drug-likeness (QED) is 0.922. The smallest absolute Gasteiger partial charge is 0.163 e. The van der Waals surface area contributed by atoms with Crippen molar-refractivity contribution >= 4 is 0 Å². The van der Waals surface area contributed by atoms with Crippen molar-refractivity contribution in [1.82, 2.24) is 5.32 Å². The summed E-state index contributed by atoms with van der Waals surface area (Å²) in [7, 11) is 3.29. The van der Waals surface area contributed by atoms with Crippen LogP contribution in [0, 0.1) is 25.5 Å². The summed E-state index contributed by atoms with van der Waals surface area (Å²) in [6.45, 7) is 3.91. The number of nitrogens with one attached hydrogen (secondary N) is 1. The van der Waals surface area contributed by atoms with Crippen LogP contribution in [-0.2, 0) is 0 Å². The normalized spacial score (nSPS) is 12.3. The molecule has 0 heterocycles. The average Bonchev–Trinajstić information content (AvgIpc) is 2.45. The third-order valence-electron chi connectivity index (χ3n) is 3.58. The van der Waals surface area contributed by atoms with E-state index in [0.29, 0.717) is 5.75 Å². The number of aryl methyl sites for hydroxylation is 2. The van der Waals surface area contributed by atoms with Crippen LogP contribution in [-0.4, -0.2) is 14.2 Å². The largest absolute Gasteiger partial charge is 0.496 e. The maximum absolute atomic E-state index is 14.1. The summed E-state index contributed by atoms with van der Waals surface area (Å²) in [4.78, 5) is 0. The lowest BCUT2D eigenvalue weighted by atomic mass is 9.92. The zero-order chi connectivity index (χ0) is 15.6. The first kappa shape index (κ1) is 15.4. The first-order chi connectivity index (χ1) is 9.99. The number of benzene rings is 2. The predicted octanol–water partition coefficient (Wildman–Crippen LogP) is 3.90. The molecule has 0 saturated carbocycles. The lowest BCUT2D eigenvalue weighted by Crippen LogP contribution is -2.21. The van der Waals surface area contributed by atoms with Gasteiger partial charge in [-0.3, -0.25) is 0 Å². The van der Waals surface area contributed by atoms with Crippen molar-refractivity contribution in [2.45, 2.75) is 19.9 Å². The van der Waals surface area contributed by atoms with Gasteiger partial charge in [0, 0.05) is 11.1 Å². The fourth-order valence-electron chi connectivity index (χ4n) is 2.68. The Hall–Kier alpha value is -1.94. The van der Waals surface area contributed by atoms with Crippen LogP contribution in [0.3, 0.4) is 0 Å². The van der Waals surface area contributed by atoms with E-state index in [1.807, 2.05) is 26.0 Å². The predicted molar refractivity (Wildman–Crippen MR) is 79.7 cm³/mol. The van der Waals surface area contributed by atoms with Gasteiger partial charge in [0.05, 0.1) is 13.2 Å². The molecule has 0 amide bonds. The minimum Gasteiger partial charge on any atom is -0.496 e. The molecular weight excluding hydrogens is 272 g/mol. The number of halogens is 2. The monoisotopic (exact) mass is 291 g/mol. The van der Waals surface area contributed by atoms with E-state index in [-0.39, 0.29) is 5.56 Å². The molecule has 0 saturated heterocycles. The Morgan fingerprint density at radius 2 is 1.86 bits per heavy atom. The molecule has 112 valence electrons. The summed E-state index contributed by atoms with van der Waals surface area (Å²) in [5.41, 5.74) is 3.11. The average molecular weight is 291 g/mol. The van der Waals surface area contributed by atoms with E-state index >= 15 is 0 Å². The van der Waals surface area contributed by atoms with Gasteiger partial charge in [0.15, 0.2) is 11.6 Å². The zero-order valence-electron chi connectivity index (χ0n) is 12.6. The molecule has 0 aliphatic heterocycles. The number of rotatable bonds is 4. The maximum atomic E-state index is 14.1. The van der Waals surface area contributed by atoms with Crippen molar-refractivity contribution in [2.75, 3.05) is 14.2 Å². The van der Waals surface area contributed by atoms with E-state index in [4.69, 9.17) is 4.74 Å². The molecular formula is C17H19F2NO. The Bertz CT molecular complexity index is 655. The highest BCUT2D eigenvalue weighted by molar-refractivity contribution is 5.48. The molecule has 0 aromatic heterocycles. The Morgan fingerprint density at radius 1 is 1.14 bits per heavy atom. The Morgan fingerprint density at radius 3 is 2.48 bits per heavy atom. The molecule has 0 spiro atoms. The summed E-state index contributed by atoms with van der Waals surface area (Å²) in [5, 5.41) is 3.05. The SMILES string of the molecule is CNC(c1cccc(F)c1F)c1c(C)cc(C)cc1OC. The Labute approximate surface area is 123 Å². The molecule has 2 aromatic carbocycles. The summed E-state index contributed by atoms with van der Waals surface area (Å²) in [6.07, 6.45) is 0. The van der Waals surface area contributed by atoms with Gasteiger partial charge < -0.3 is 10.1 Å². The van der Waals surface area contributed by atoms with Crippen LogP contribution >= 0.6 is 0 Å². The van der Waals surface area contributed by atoms with Crippen LogP contribution in [0.25, 0.3) is 0 Å². The molecule has 21 heavy (non-hydrogen) atoms. The van der Waals surface area contributed by atoms with Crippen LogP contribution in [0.15, 0.2) is 30.3 Å². The van der Waals surface area contributed by atoms with Crippen molar-refractivity contribution in [2.24, 2.45) is 0 Å². The van der Waals surface area contributed by atoms with E-state index in [9.17, 15) is 8.78 Å². The van der Waals surface area contributed by atoms with Crippen molar-refractivity contribution in [1.29, 1.82) is 0 Å². The molecule has 2 nitrogen and oxygen atoms in total. The second-order valence-electron chi connectivity index (χ2n) is 5.06. The molecule has 4 heteroatoms. The summed E-state index contributed by atoms with van der Waals surface area (Å²) >= 11 is 0. The lowest BCUT2D eigenvalue weighted by molar-refractivity contribution is 0.402. The van der Waals surface area contributed by atoms with E-state index in [2.05, 4.69) is 5.32 Å². The number of methoxy groups -OCH3 is 1.